The van der Waals surface area contributed by atoms with Gasteiger partial charge in [-0.3, -0.25) is 4.79 Å². The van der Waals surface area contributed by atoms with Gasteiger partial charge in [0.05, 0.1) is 0 Å². The van der Waals surface area contributed by atoms with Crippen LogP contribution in [0.25, 0.3) is 0 Å². The minimum Gasteiger partial charge on any atom is -0.384 e. The number of hydrogen-bond donors (Lipinski definition) is 1. The molecule has 1 aromatic carbocycles. The summed E-state index contributed by atoms with van der Waals surface area (Å²) < 4.78 is 0. The summed E-state index contributed by atoms with van der Waals surface area (Å²) in [4.78, 5) is 16.8. The standard InChI is InChI=1S/C15H21N3O/c1-17-7-2-8-18(10-9-17)15(19)13-4-3-12-5-6-16-14(12)11-13/h3-4,11,16H,2,5-10H2,1H3. The highest BCUT2D eigenvalue weighted by atomic mass is 16.2. The van der Waals surface area contributed by atoms with Gasteiger partial charge in [0.1, 0.15) is 0 Å². The predicted octanol–water partition coefficient (Wildman–Crippen LogP) is 1.43. The van der Waals surface area contributed by atoms with Gasteiger partial charge >= 0.3 is 0 Å². The van der Waals surface area contributed by atoms with E-state index in [-0.39, 0.29) is 5.91 Å². The third kappa shape index (κ3) is 2.59. The van der Waals surface area contributed by atoms with Crippen LogP contribution in [0.15, 0.2) is 18.2 Å². The molecule has 2 aliphatic heterocycles. The first kappa shape index (κ1) is 12.5. The van der Waals surface area contributed by atoms with Crippen molar-refractivity contribution in [2.24, 2.45) is 0 Å². The van der Waals surface area contributed by atoms with Crippen LogP contribution in [-0.2, 0) is 6.42 Å². The molecule has 0 unspecified atom stereocenters. The first-order valence-electron chi connectivity index (χ1n) is 7.08. The molecule has 4 nitrogen and oxygen atoms in total. The van der Waals surface area contributed by atoms with Crippen molar-refractivity contribution in [1.82, 2.24) is 9.80 Å². The maximum Gasteiger partial charge on any atom is 0.253 e. The Kier molecular flexibility index (Phi) is 3.42. The normalized spacial score (nSPS) is 19.7. The lowest BCUT2D eigenvalue weighted by Crippen LogP contribution is -2.34. The van der Waals surface area contributed by atoms with Crippen LogP contribution < -0.4 is 5.32 Å². The monoisotopic (exact) mass is 259 g/mol. The molecule has 2 heterocycles. The van der Waals surface area contributed by atoms with Crippen molar-refractivity contribution >= 4 is 11.6 Å². The molecule has 0 saturated carbocycles. The Morgan fingerprint density at radius 3 is 3.00 bits per heavy atom. The molecule has 0 aromatic heterocycles. The zero-order chi connectivity index (χ0) is 13.2. The number of anilines is 1. The summed E-state index contributed by atoms with van der Waals surface area (Å²) in [6.07, 6.45) is 2.13. The van der Waals surface area contributed by atoms with Gasteiger partial charge in [-0.1, -0.05) is 6.07 Å². The number of likely N-dealkylation sites (N-methyl/N-ethyl adjacent to an activating group) is 1. The van der Waals surface area contributed by atoms with Crippen LogP contribution in [0.2, 0.25) is 0 Å². The molecule has 1 N–H and O–H groups in total. The topological polar surface area (TPSA) is 35.6 Å². The Morgan fingerprint density at radius 2 is 2.11 bits per heavy atom. The van der Waals surface area contributed by atoms with E-state index in [1.807, 2.05) is 17.0 Å². The number of carbonyl (C=O) groups excluding carboxylic acids is 1. The van der Waals surface area contributed by atoms with E-state index in [1.54, 1.807) is 0 Å². The van der Waals surface area contributed by atoms with Crippen LogP contribution in [0, 0.1) is 0 Å². The van der Waals surface area contributed by atoms with Gasteiger partial charge in [0, 0.05) is 37.4 Å². The van der Waals surface area contributed by atoms with E-state index in [9.17, 15) is 4.79 Å². The van der Waals surface area contributed by atoms with E-state index in [0.717, 1.165) is 56.8 Å². The van der Waals surface area contributed by atoms with Gasteiger partial charge in [-0.15, -0.1) is 0 Å². The molecule has 4 heteroatoms. The highest BCUT2D eigenvalue weighted by Gasteiger charge is 2.20. The van der Waals surface area contributed by atoms with Crippen molar-refractivity contribution in [3.8, 4) is 0 Å². The largest absolute Gasteiger partial charge is 0.384 e. The maximum absolute atomic E-state index is 12.5. The molecule has 1 amide bonds. The molecule has 1 aromatic rings. The second-order valence-corrected chi connectivity index (χ2v) is 5.50. The fraction of sp³-hybridized carbons (Fsp3) is 0.533. The number of nitrogens with zero attached hydrogens (tertiary/aromatic N) is 2. The van der Waals surface area contributed by atoms with Gasteiger partial charge in [-0.25, -0.2) is 0 Å². The first-order valence-corrected chi connectivity index (χ1v) is 7.08. The average molecular weight is 259 g/mol. The van der Waals surface area contributed by atoms with Crippen molar-refractivity contribution in [3.63, 3.8) is 0 Å². The third-order valence-corrected chi connectivity index (χ3v) is 4.07. The summed E-state index contributed by atoms with van der Waals surface area (Å²) >= 11 is 0. The Hall–Kier alpha value is -1.55. The fourth-order valence-corrected chi connectivity index (χ4v) is 2.86. The molecule has 102 valence electrons. The molecule has 1 saturated heterocycles. The van der Waals surface area contributed by atoms with Gasteiger partial charge in [0.2, 0.25) is 0 Å². The summed E-state index contributed by atoms with van der Waals surface area (Å²) in [5.41, 5.74) is 3.28. The van der Waals surface area contributed by atoms with Gasteiger partial charge in [0.15, 0.2) is 0 Å². The van der Waals surface area contributed by atoms with E-state index < -0.39 is 0 Å². The lowest BCUT2D eigenvalue weighted by molar-refractivity contribution is 0.0763. The maximum atomic E-state index is 12.5. The second-order valence-electron chi connectivity index (χ2n) is 5.50. The van der Waals surface area contributed by atoms with Crippen molar-refractivity contribution in [3.05, 3.63) is 29.3 Å². The number of amides is 1. The number of nitrogens with one attached hydrogen (secondary N) is 1. The summed E-state index contributed by atoms with van der Waals surface area (Å²) in [6, 6.07) is 6.08. The Morgan fingerprint density at radius 1 is 1.21 bits per heavy atom. The number of benzene rings is 1. The quantitative estimate of drug-likeness (QED) is 0.829. The van der Waals surface area contributed by atoms with Crippen LogP contribution >= 0.6 is 0 Å². The average Bonchev–Trinajstić information content (AvgIpc) is 2.78. The summed E-state index contributed by atoms with van der Waals surface area (Å²) in [5, 5.41) is 3.34. The van der Waals surface area contributed by atoms with Crippen LogP contribution in [-0.4, -0.2) is 55.5 Å². The molecule has 3 rings (SSSR count). The zero-order valence-electron chi connectivity index (χ0n) is 11.5. The predicted molar refractivity (Wildman–Crippen MR) is 76.7 cm³/mol. The van der Waals surface area contributed by atoms with Gasteiger partial charge in [-0.2, -0.15) is 0 Å². The Labute approximate surface area is 114 Å². The van der Waals surface area contributed by atoms with Crippen molar-refractivity contribution in [2.75, 3.05) is 45.1 Å². The molecule has 2 aliphatic rings. The minimum absolute atomic E-state index is 0.173. The number of carbonyl (C=O) groups is 1. The molecule has 0 aliphatic carbocycles. The fourth-order valence-electron chi connectivity index (χ4n) is 2.86. The Bertz CT molecular complexity index is 486. The summed E-state index contributed by atoms with van der Waals surface area (Å²) in [5.74, 6) is 0.173. The van der Waals surface area contributed by atoms with Crippen LogP contribution in [0.5, 0.6) is 0 Å². The van der Waals surface area contributed by atoms with Crippen LogP contribution in [0.3, 0.4) is 0 Å². The molecule has 0 atom stereocenters. The first-order chi connectivity index (χ1) is 9.24. The van der Waals surface area contributed by atoms with Crippen molar-refractivity contribution in [2.45, 2.75) is 12.8 Å². The Balaban J connectivity index is 1.76. The third-order valence-electron chi connectivity index (χ3n) is 4.07. The van der Waals surface area contributed by atoms with Crippen LogP contribution in [0.4, 0.5) is 5.69 Å². The van der Waals surface area contributed by atoms with Crippen molar-refractivity contribution in [1.29, 1.82) is 0 Å². The summed E-state index contributed by atoms with van der Waals surface area (Å²) in [6.45, 7) is 4.74. The summed E-state index contributed by atoms with van der Waals surface area (Å²) in [7, 11) is 2.12. The number of fused-ring (bicyclic) bond motifs is 1. The van der Waals surface area contributed by atoms with Gasteiger partial charge in [-0.05, 0) is 44.1 Å². The van der Waals surface area contributed by atoms with Gasteiger partial charge in [0.25, 0.3) is 5.91 Å². The van der Waals surface area contributed by atoms with Crippen LogP contribution in [0.1, 0.15) is 22.3 Å². The molecule has 0 bridgehead atoms. The minimum atomic E-state index is 0.173. The van der Waals surface area contributed by atoms with Gasteiger partial charge < -0.3 is 15.1 Å². The molecule has 0 spiro atoms. The lowest BCUT2D eigenvalue weighted by atomic mass is 10.1. The van der Waals surface area contributed by atoms with E-state index >= 15 is 0 Å². The molecule has 19 heavy (non-hydrogen) atoms. The second kappa shape index (κ2) is 5.21. The number of rotatable bonds is 1. The van der Waals surface area contributed by atoms with E-state index in [1.165, 1.54) is 5.56 Å². The van der Waals surface area contributed by atoms with E-state index in [2.05, 4.69) is 23.3 Å². The molecule has 0 radical (unpaired) electrons. The molecular weight excluding hydrogens is 238 g/mol. The highest BCUT2D eigenvalue weighted by molar-refractivity contribution is 5.95. The molecular formula is C15H21N3O. The lowest BCUT2D eigenvalue weighted by Gasteiger charge is -2.21. The van der Waals surface area contributed by atoms with E-state index in [0.29, 0.717) is 0 Å². The zero-order valence-corrected chi connectivity index (χ0v) is 11.5. The van der Waals surface area contributed by atoms with Crippen molar-refractivity contribution < 1.29 is 4.79 Å². The smallest absolute Gasteiger partial charge is 0.253 e. The number of hydrogen-bond acceptors (Lipinski definition) is 3. The SMILES string of the molecule is CN1CCCN(C(=O)c2ccc3c(c2)NCC3)CC1. The molecule has 1 fully saturated rings. The van der Waals surface area contributed by atoms with E-state index in [4.69, 9.17) is 0 Å². The highest BCUT2D eigenvalue weighted by Crippen LogP contribution is 2.24.